The Bertz CT molecular complexity index is 554. The number of methoxy groups -OCH3 is 1. The second kappa shape index (κ2) is 9.36. The molecule has 1 aromatic rings. The maximum absolute atomic E-state index is 12.4. The molecule has 1 aromatic carbocycles. The van der Waals surface area contributed by atoms with Gasteiger partial charge in [0.2, 0.25) is 5.91 Å². The molecular formula is C20H31NO3. The third kappa shape index (κ3) is 5.91. The molecule has 0 aromatic heterocycles. The van der Waals surface area contributed by atoms with Gasteiger partial charge in [0.25, 0.3) is 0 Å². The Morgan fingerprint density at radius 1 is 1.08 bits per heavy atom. The van der Waals surface area contributed by atoms with Crippen molar-refractivity contribution in [2.75, 3.05) is 13.7 Å². The molecule has 4 heteroatoms. The summed E-state index contributed by atoms with van der Waals surface area (Å²) < 4.78 is 11.1. The molecule has 1 amide bonds. The smallest absolute Gasteiger partial charge is 0.247 e. The van der Waals surface area contributed by atoms with Crippen molar-refractivity contribution in [2.45, 2.75) is 53.6 Å². The van der Waals surface area contributed by atoms with Gasteiger partial charge in [-0.15, -0.1) is 0 Å². The van der Waals surface area contributed by atoms with E-state index in [1.54, 1.807) is 13.2 Å². The van der Waals surface area contributed by atoms with Gasteiger partial charge in [-0.25, -0.2) is 0 Å². The molecule has 0 N–H and O–H groups in total. The average molecular weight is 333 g/mol. The standard InChI is InChI=1S/C20H31NO3/c1-14(2)13-24-18-10-8-17(12-19(18)23-7)9-11-20(22)21(15(3)4)16(5)6/h8-12,14-16H,13H2,1-7H3/b11-9+. The first-order valence-corrected chi connectivity index (χ1v) is 8.57. The van der Waals surface area contributed by atoms with Gasteiger partial charge in [-0.1, -0.05) is 19.9 Å². The zero-order valence-electron chi connectivity index (χ0n) is 16.0. The monoisotopic (exact) mass is 333 g/mol. The first-order valence-electron chi connectivity index (χ1n) is 8.57. The summed E-state index contributed by atoms with van der Waals surface area (Å²) in [6.45, 7) is 12.9. The third-order valence-electron chi connectivity index (χ3n) is 3.55. The minimum Gasteiger partial charge on any atom is -0.493 e. The van der Waals surface area contributed by atoms with Crippen molar-refractivity contribution in [1.82, 2.24) is 4.90 Å². The summed E-state index contributed by atoms with van der Waals surface area (Å²) in [7, 11) is 1.62. The van der Waals surface area contributed by atoms with E-state index in [4.69, 9.17) is 9.47 Å². The van der Waals surface area contributed by atoms with Crippen LogP contribution in [0.3, 0.4) is 0 Å². The minimum atomic E-state index is 0.0131. The summed E-state index contributed by atoms with van der Waals surface area (Å²) in [5, 5.41) is 0. The number of hydrogen-bond donors (Lipinski definition) is 0. The molecule has 0 unspecified atom stereocenters. The molecule has 134 valence electrons. The van der Waals surface area contributed by atoms with Gasteiger partial charge in [0.1, 0.15) is 0 Å². The van der Waals surface area contributed by atoms with Crippen LogP contribution in [0, 0.1) is 5.92 Å². The number of benzene rings is 1. The highest BCUT2D eigenvalue weighted by Gasteiger charge is 2.17. The average Bonchev–Trinajstić information content (AvgIpc) is 2.50. The van der Waals surface area contributed by atoms with Crippen LogP contribution in [0.4, 0.5) is 0 Å². The molecule has 0 aliphatic carbocycles. The number of nitrogens with zero attached hydrogens (tertiary/aromatic N) is 1. The van der Waals surface area contributed by atoms with Crippen LogP contribution in [0.5, 0.6) is 11.5 Å². The van der Waals surface area contributed by atoms with E-state index < -0.39 is 0 Å². The number of carbonyl (C=O) groups is 1. The zero-order chi connectivity index (χ0) is 18.3. The molecular weight excluding hydrogens is 302 g/mol. The normalized spacial score (nSPS) is 11.6. The van der Waals surface area contributed by atoms with Gasteiger partial charge in [-0.05, 0) is 57.4 Å². The van der Waals surface area contributed by atoms with Crippen LogP contribution in [0.2, 0.25) is 0 Å². The lowest BCUT2D eigenvalue weighted by atomic mass is 10.1. The van der Waals surface area contributed by atoms with Crippen molar-refractivity contribution in [3.63, 3.8) is 0 Å². The molecule has 0 atom stereocenters. The number of carbonyl (C=O) groups excluding carboxylic acids is 1. The van der Waals surface area contributed by atoms with Crippen LogP contribution in [-0.4, -0.2) is 36.6 Å². The van der Waals surface area contributed by atoms with Crippen molar-refractivity contribution >= 4 is 12.0 Å². The van der Waals surface area contributed by atoms with Gasteiger partial charge < -0.3 is 14.4 Å². The van der Waals surface area contributed by atoms with E-state index in [-0.39, 0.29) is 18.0 Å². The topological polar surface area (TPSA) is 38.8 Å². The minimum absolute atomic E-state index is 0.0131. The van der Waals surface area contributed by atoms with Crippen LogP contribution in [0.1, 0.15) is 47.1 Å². The Labute approximate surface area is 146 Å². The van der Waals surface area contributed by atoms with Gasteiger partial charge in [-0.3, -0.25) is 4.79 Å². The molecule has 0 spiro atoms. The van der Waals surface area contributed by atoms with E-state index in [2.05, 4.69) is 13.8 Å². The predicted molar refractivity (Wildman–Crippen MR) is 99.5 cm³/mol. The number of hydrogen-bond acceptors (Lipinski definition) is 3. The zero-order valence-corrected chi connectivity index (χ0v) is 16.0. The Morgan fingerprint density at radius 3 is 2.21 bits per heavy atom. The summed E-state index contributed by atoms with van der Waals surface area (Å²) in [6.07, 6.45) is 3.43. The van der Waals surface area contributed by atoms with Gasteiger partial charge in [0.15, 0.2) is 11.5 Å². The van der Waals surface area contributed by atoms with Crippen LogP contribution < -0.4 is 9.47 Å². The lowest BCUT2D eigenvalue weighted by Crippen LogP contribution is -2.41. The van der Waals surface area contributed by atoms with E-state index in [9.17, 15) is 4.79 Å². The molecule has 0 saturated carbocycles. The number of ether oxygens (including phenoxy) is 2. The molecule has 0 aliphatic heterocycles. The van der Waals surface area contributed by atoms with Crippen LogP contribution in [-0.2, 0) is 4.79 Å². The van der Waals surface area contributed by atoms with Crippen molar-refractivity contribution in [3.8, 4) is 11.5 Å². The highest BCUT2D eigenvalue weighted by molar-refractivity contribution is 5.92. The Balaban J connectivity index is 2.89. The van der Waals surface area contributed by atoms with E-state index in [1.165, 1.54) is 0 Å². The van der Waals surface area contributed by atoms with Gasteiger partial charge >= 0.3 is 0 Å². The quantitative estimate of drug-likeness (QED) is 0.662. The first-order chi connectivity index (χ1) is 11.3. The SMILES string of the molecule is COc1cc(/C=C/C(=O)N(C(C)C)C(C)C)ccc1OCC(C)C. The summed E-state index contributed by atoms with van der Waals surface area (Å²) in [4.78, 5) is 14.2. The summed E-state index contributed by atoms with van der Waals surface area (Å²) in [5.41, 5.74) is 0.907. The summed E-state index contributed by atoms with van der Waals surface area (Å²) in [6, 6.07) is 6.03. The predicted octanol–water partition coefficient (Wildman–Crippen LogP) is 4.39. The van der Waals surface area contributed by atoms with E-state index in [0.29, 0.717) is 18.3 Å². The third-order valence-corrected chi connectivity index (χ3v) is 3.55. The van der Waals surface area contributed by atoms with E-state index >= 15 is 0 Å². The van der Waals surface area contributed by atoms with Gasteiger partial charge in [0, 0.05) is 18.2 Å². The van der Waals surface area contributed by atoms with E-state index in [1.807, 2.05) is 56.9 Å². The lowest BCUT2D eigenvalue weighted by Gasteiger charge is -2.29. The van der Waals surface area contributed by atoms with Crippen LogP contribution in [0.15, 0.2) is 24.3 Å². The maximum Gasteiger partial charge on any atom is 0.247 e. The number of amides is 1. The molecule has 1 rings (SSSR count). The largest absolute Gasteiger partial charge is 0.493 e. The number of rotatable bonds is 8. The van der Waals surface area contributed by atoms with Crippen molar-refractivity contribution in [3.05, 3.63) is 29.8 Å². The second-order valence-corrected chi connectivity index (χ2v) is 6.88. The molecule has 0 radical (unpaired) electrons. The highest BCUT2D eigenvalue weighted by atomic mass is 16.5. The fourth-order valence-corrected chi connectivity index (χ4v) is 2.52. The van der Waals surface area contributed by atoms with Crippen molar-refractivity contribution in [2.24, 2.45) is 5.92 Å². The van der Waals surface area contributed by atoms with Gasteiger partial charge in [-0.2, -0.15) is 0 Å². The molecule has 0 aliphatic rings. The molecule has 0 heterocycles. The fourth-order valence-electron chi connectivity index (χ4n) is 2.52. The lowest BCUT2D eigenvalue weighted by molar-refractivity contribution is -0.129. The fraction of sp³-hybridized carbons (Fsp3) is 0.550. The molecule has 0 saturated heterocycles. The second-order valence-electron chi connectivity index (χ2n) is 6.88. The first kappa shape index (κ1) is 20.1. The highest BCUT2D eigenvalue weighted by Crippen LogP contribution is 2.29. The van der Waals surface area contributed by atoms with Gasteiger partial charge in [0.05, 0.1) is 13.7 Å². The van der Waals surface area contributed by atoms with E-state index in [0.717, 1.165) is 11.3 Å². The van der Waals surface area contributed by atoms with Crippen molar-refractivity contribution < 1.29 is 14.3 Å². The summed E-state index contributed by atoms with van der Waals surface area (Å²) >= 11 is 0. The molecule has 0 fully saturated rings. The molecule has 0 bridgehead atoms. The van der Waals surface area contributed by atoms with Crippen molar-refractivity contribution in [1.29, 1.82) is 0 Å². The Kier molecular flexibility index (Phi) is 7.83. The molecule has 4 nitrogen and oxygen atoms in total. The summed E-state index contributed by atoms with van der Waals surface area (Å²) in [5.74, 6) is 1.86. The Morgan fingerprint density at radius 2 is 1.71 bits per heavy atom. The van der Waals surface area contributed by atoms with Crippen LogP contribution in [0.25, 0.3) is 6.08 Å². The van der Waals surface area contributed by atoms with Crippen LogP contribution >= 0.6 is 0 Å². The Hall–Kier alpha value is -1.97. The molecule has 24 heavy (non-hydrogen) atoms. The maximum atomic E-state index is 12.4.